The molecule has 4 rings (SSSR count). The summed E-state index contributed by atoms with van der Waals surface area (Å²) in [5.41, 5.74) is 1.33. The van der Waals surface area contributed by atoms with E-state index in [4.69, 9.17) is 0 Å². The number of pyridine rings is 1. The monoisotopic (exact) mass is 387 g/mol. The largest absolute Gasteiger partial charge is 0.342 e. The summed E-state index contributed by atoms with van der Waals surface area (Å²) in [5, 5.41) is 0. The summed E-state index contributed by atoms with van der Waals surface area (Å²) in [4.78, 5) is 33.0. The molecule has 0 aromatic carbocycles. The minimum atomic E-state index is 0.193. The average molecular weight is 388 g/mol. The zero-order chi connectivity index (χ0) is 18.7. The summed E-state index contributed by atoms with van der Waals surface area (Å²) >= 11 is 1.81. The molecule has 146 valence electrons. The number of aromatic nitrogens is 1. The maximum atomic E-state index is 12.5. The molecule has 3 heterocycles. The van der Waals surface area contributed by atoms with E-state index in [1.54, 1.807) is 24.2 Å². The van der Waals surface area contributed by atoms with Gasteiger partial charge in [0.2, 0.25) is 11.8 Å². The van der Waals surface area contributed by atoms with Crippen LogP contribution in [-0.4, -0.2) is 57.7 Å². The highest BCUT2D eigenvalue weighted by Crippen LogP contribution is 2.41. The Morgan fingerprint density at radius 3 is 2.63 bits per heavy atom. The van der Waals surface area contributed by atoms with Crippen molar-refractivity contribution in [3.05, 3.63) is 30.1 Å². The lowest BCUT2D eigenvalue weighted by molar-refractivity contribution is -0.142. The molecule has 0 unspecified atom stereocenters. The van der Waals surface area contributed by atoms with E-state index in [9.17, 15) is 9.59 Å². The predicted molar refractivity (Wildman–Crippen MR) is 107 cm³/mol. The second-order valence-corrected chi connectivity index (χ2v) is 9.47. The van der Waals surface area contributed by atoms with Gasteiger partial charge in [-0.2, -0.15) is 11.8 Å². The second-order valence-electron chi connectivity index (χ2n) is 8.44. The summed E-state index contributed by atoms with van der Waals surface area (Å²) < 4.78 is 0. The van der Waals surface area contributed by atoms with Gasteiger partial charge in [-0.3, -0.25) is 14.6 Å². The highest BCUT2D eigenvalue weighted by atomic mass is 32.2. The van der Waals surface area contributed by atoms with Crippen molar-refractivity contribution in [2.75, 3.05) is 31.1 Å². The van der Waals surface area contributed by atoms with Crippen molar-refractivity contribution in [2.45, 2.75) is 45.1 Å². The Morgan fingerprint density at radius 2 is 1.93 bits per heavy atom. The topological polar surface area (TPSA) is 53.5 Å². The molecule has 2 amide bonds. The predicted octanol–water partition coefficient (Wildman–Crippen LogP) is 2.96. The number of amides is 2. The van der Waals surface area contributed by atoms with Gasteiger partial charge in [-0.1, -0.05) is 0 Å². The first-order valence-electron chi connectivity index (χ1n) is 10.2. The van der Waals surface area contributed by atoms with Crippen LogP contribution in [0, 0.1) is 11.3 Å². The average Bonchev–Trinajstić information content (AvgIpc) is 3.51. The van der Waals surface area contributed by atoms with Gasteiger partial charge in [0.15, 0.2) is 0 Å². The summed E-state index contributed by atoms with van der Waals surface area (Å²) in [7, 11) is 0. The number of nitrogens with zero attached hydrogens (tertiary/aromatic N) is 3. The SMILES string of the molecule is O=C(CSCC1CC1)N1CCC2(CCC(=O)N(Cc3ccncc3)C2)CC1. The molecule has 0 bridgehead atoms. The molecule has 2 saturated heterocycles. The molecule has 1 aliphatic carbocycles. The fourth-order valence-electron chi connectivity index (χ4n) is 4.28. The van der Waals surface area contributed by atoms with E-state index in [0.29, 0.717) is 24.6 Å². The van der Waals surface area contributed by atoms with E-state index < -0.39 is 0 Å². The fraction of sp³-hybridized carbons (Fsp3) is 0.667. The Labute approximate surface area is 165 Å². The molecular weight excluding hydrogens is 358 g/mol. The summed E-state index contributed by atoms with van der Waals surface area (Å²) in [5.74, 6) is 3.22. The fourth-order valence-corrected chi connectivity index (χ4v) is 5.42. The van der Waals surface area contributed by atoms with Crippen LogP contribution in [0.1, 0.15) is 44.1 Å². The lowest BCUT2D eigenvalue weighted by Gasteiger charge is -2.47. The summed E-state index contributed by atoms with van der Waals surface area (Å²) in [6, 6.07) is 3.96. The molecule has 1 spiro atoms. The quantitative estimate of drug-likeness (QED) is 0.753. The van der Waals surface area contributed by atoms with Crippen LogP contribution in [0.25, 0.3) is 0 Å². The lowest BCUT2D eigenvalue weighted by Crippen LogP contribution is -2.52. The first-order valence-corrected chi connectivity index (χ1v) is 11.3. The molecule has 27 heavy (non-hydrogen) atoms. The second kappa shape index (κ2) is 8.21. The Kier molecular flexibility index (Phi) is 5.71. The molecule has 0 radical (unpaired) electrons. The number of rotatable bonds is 6. The zero-order valence-corrected chi connectivity index (χ0v) is 16.8. The van der Waals surface area contributed by atoms with Crippen LogP contribution in [0.15, 0.2) is 24.5 Å². The van der Waals surface area contributed by atoms with Gasteiger partial charge in [0, 0.05) is 45.0 Å². The van der Waals surface area contributed by atoms with Crippen LogP contribution in [0.5, 0.6) is 0 Å². The molecule has 1 saturated carbocycles. The van der Waals surface area contributed by atoms with Crippen molar-refractivity contribution < 1.29 is 9.59 Å². The minimum absolute atomic E-state index is 0.193. The number of hydrogen-bond donors (Lipinski definition) is 0. The standard InChI is InChI=1S/C21H29N3O2S/c25-19-3-6-21(16-24(19)13-17-4-9-22-10-5-17)7-11-23(12-8-21)20(26)15-27-14-18-1-2-18/h4-5,9-10,18H,1-3,6-8,11-16H2. The molecule has 3 aliphatic rings. The van der Waals surface area contributed by atoms with Gasteiger partial charge in [0.05, 0.1) is 5.75 Å². The van der Waals surface area contributed by atoms with Crippen LogP contribution in [0.3, 0.4) is 0 Å². The third-order valence-corrected chi connectivity index (χ3v) is 7.48. The van der Waals surface area contributed by atoms with E-state index in [2.05, 4.69) is 9.88 Å². The Balaban J connectivity index is 1.28. The van der Waals surface area contributed by atoms with Crippen LogP contribution in [0.2, 0.25) is 0 Å². The molecule has 2 aliphatic heterocycles. The molecule has 5 nitrogen and oxygen atoms in total. The molecule has 0 atom stereocenters. The van der Waals surface area contributed by atoms with Crippen molar-refractivity contribution in [3.63, 3.8) is 0 Å². The van der Waals surface area contributed by atoms with E-state index >= 15 is 0 Å². The van der Waals surface area contributed by atoms with Crippen molar-refractivity contribution in [1.82, 2.24) is 14.8 Å². The van der Waals surface area contributed by atoms with Gasteiger partial charge in [-0.05, 0) is 66.9 Å². The van der Waals surface area contributed by atoms with Gasteiger partial charge < -0.3 is 9.80 Å². The van der Waals surface area contributed by atoms with E-state index in [1.165, 1.54) is 12.8 Å². The van der Waals surface area contributed by atoms with E-state index in [0.717, 1.165) is 56.1 Å². The van der Waals surface area contributed by atoms with Crippen LogP contribution >= 0.6 is 11.8 Å². The van der Waals surface area contributed by atoms with E-state index in [-0.39, 0.29) is 11.3 Å². The minimum Gasteiger partial charge on any atom is -0.342 e. The van der Waals surface area contributed by atoms with Crippen molar-refractivity contribution in [1.29, 1.82) is 0 Å². The van der Waals surface area contributed by atoms with Crippen LogP contribution in [0.4, 0.5) is 0 Å². The number of thioether (sulfide) groups is 1. The number of carbonyl (C=O) groups is 2. The van der Waals surface area contributed by atoms with Gasteiger partial charge in [-0.15, -0.1) is 0 Å². The zero-order valence-electron chi connectivity index (χ0n) is 15.9. The number of likely N-dealkylation sites (tertiary alicyclic amines) is 2. The number of hydrogen-bond acceptors (Lipinski definition) is 4. The Morgan fingerprint density at radius 1 is 1.19 bits per heavy atom. The maximum absolute atomic E-state index is 12.5. The number of piperidine rings is 2. The van der Waals surface area contributed by atoms with Gasteiger partial charge in [0.1, 0.15) is 0 Å². The molecular formula is C21H29N3O2S. The van der Waals surface area contributed by atoms with Gasteiger partial charge in [0.25, 0.3) is 0 Å². The smallest absolute Gasteiger partial charge is 0.232 e. The van der Waals surface area contributed by atoms with Crippen molar-refractivity contribution in [2.24, 2.45) is 11.3 Å². The third-order valence-electron chi connectivity index (χ3n) is 6.32. The summed E-state index contributed by atoms with van der Waals surface area (Å²) in [6.45, 7) is 3.19. The Bertz CT molecular complexity index is 669. The summed E-state index contributed by atoms with van der Waals surface area (Å²) in [6.07, 6.45) is 9.91. The normalized spacial score (nSPS) is 22.3. The lowest BCUT2D eigenvalue weighted by atomic mass is 9.72. The molecule has 3 fully saturated rings. The first-order chi connectivity index (χ1) is 13.1. The van der Waals surface area contributed by atoms with E-state index in [1.807, 2.05) is 17.0 Å². The third kappa shape index (κ3) is 4.84. The maximum Gasteiger partial charge on any atom is 0.232 e. The molecule has 0 N–H and O–H groups in total. The van der Waals surface area contributed by atoms with Crippen molar-refractivity contribution in [3.8, 4) is 0 Å². The Hall–Kier alpha value is -1.56. The van der Waals surface area contributed by atoms with Crippen molar-refractivity contribution >= 4 is 23.6 Å². The van der Waals surface area contributed by atoms with Crippen LogP contribution in [-0.2, 0) is 16.1 Å². The van der Waals surface area contributed by atoms with Crippen LogP contribution < -0.4 is 0 Å². The molecule has 1 aromatic heterocycles. The highest BCUT2D eigenvalue weighted by Gasteiger charge is 2.41. The molecule has 1 aromatic rings. The van der Waals surface area contributed by atoms with Gasteiger partial charge >= 0.3 is 0 Å². The van der Waals surface area contributed by atoms with Gasteiger partial charge in [-0.25, -0.2) is 0 Å². The number of carbonyl (C=O) groups excluding carboxylic acids is 2. The first kappa shape index (κ1) is 18.8. The highest BCUT2D eigenvalue weighted by molar-refractivity contribution is 7.99. The molecule has 6 heteroatoms.